The van der Waals surface area contributed by atoms with Gasteiger partial charge in [0, 0.05) is 24.5 Å². The summed E-state index contributed by atoms with van der Waals surface area (Å²) in [6.07, 6.45) is -4.26. The minimum atomic E-state index is -4.61. The molecule has 2 aromatic carbocycles. The summed E-state index contributed by atoms with van der Waals surface area (Å²) in [6, 6.07) is 15.8. The molecule has 9 heteroatoms. The van der Waals surface area contributed by atoms with Gasteiger partial charge in [-0.2, -0.15) is 13.2 Å². The molecule has 0 saturated carbocycles. The number of nitrogens with zero attached hydrogens (tertiary/aromatic N) is 3. The van der Waals surface area contributed by atoms with Gasteiger partial charge in [0.2, 0.25) is 0 Å². The normalized spacial score (nSPS) is 19.8. The van der Waals surface area contributed by atoms with E-state index in [1.807, 2.05) is 18.2 Å². The van der Waals surface area contributed by atoms with Crippen LogP contribution in [-0.4, -0.2) is 36.9 Å². The van der Waals surface area contributed by atoms with Gasteiger partial charge in [-0.25, -0.2) is 5.06 Å². The van der Waals surface area contributed by atoms with Crippen LogP contribution in [-0.2, 0) is 4.84 Å². The third kappa shape index (κ3) is 4.06. The molecule has 152 valence electrons. The van der Waals surface area contributed by atoms with Crippen LogP contribution in [0.4, 0.5) is 18.9 Å². The highest BCUT2D eigenvalue weighted by molar-refractivity contribution is 5.84. The van der Waals surface area contributed by atoms with Gasteiger partial charge in [-0.05, 0) is 30.7 Å². The van der Waals surface area contributed by atoms with Gasteiger partial charge in [-0.3, -0.25) is 20.5 Å². The first-order chi connectivity index (χ1) is 13.9. The standard InChI is InChI=1S/C20H19F3N4O2/c21-20(22,23)17-13-25-19(24)27(18(17)26-10-5-11-28-26)14-6-4-9-16(12-14)29-15-7-2-1-3-8-15/h1-4,6-9,12-13,19H,5,10-11,24H2. The number of halogens is 3. The molecular formula is C20H19F3N4O2. The summed E-state index contributed by atoms with van der Waals surface area (Å²) in [7, 11) is 0. The van der Waals surface area contributed by atoms with Gasteiger partial charge >= 0.3 is 6.18 Å². The molecule has 4 rings (SSSR count). The Kier molecular flexibility index (Phi) is 5.16. The van der Waals surface area contributed by atoms with E-state index in [0.29, 0.717) is 36.8 Å². The van der Waals surface area contributed by atoms with Crippen molar-refractivity contribution in [1.29, 1.82) is 0 Å². The Labute approximate surface area is 165 Å². The molecule has 29 heavy (non-hydrogen) atoms. The number of para-hydroxylation sites is 1. The molecule has 1 atom stereocenters. The van der Waals surface area contributed by atoms with Crippen molar-refractivity contribution in [3.63, 3.8) is 0 Å². The number of ether oxygens (including phenoxy) is 1. The highest BCUT2D eigenvalue weighted by Crippen LogP contribution is 2.37. The summed E-state index contributed by atoms with van der Waals surface area (Å²) in [5.74, 6) is 0.903. The smallest absolute Gasteiger partial charge is 0.421 e. The lowest BCUT2D eigenvalue weighted by Crippen LogP contribution is -2.49. The topological polar surface area (TPSA) is 63.3 Å². The van der Waals surface area contributed by atoms with Crippen LogP contribution in [0.5, 0.6) is 11.5 Å². The molecule has 2 heterocycles. The number of nitrogens with two attached hydrogens (primary N) is 1. The Morgan fingerprint density at radius 2 is 1.83 bits per heavy atom. The Balaban J connectivity index is 1.74. The third-order valence-corrected chi connectivity index (χ3v) is 4.46. The van der Waals surface area contributed by atoms with Crippen molar-refractivity contribution in [3.05, 3.63) is 66.0 Å². The fourth-order valence-corrected chi connectivity index (χ4v) is 3.20. The largest absolute Gasteiger partial charge is 0.457 e. The lowest BCUT2D eigenvalue weighted by atomic mass is 10.2. The lowest BCUT2D eigenvalue weighted by Gasteiger charge is -2.38. The minimum Gasteiger partial charge on any atom is -0.457 e. The highest BCUT2D eigenvalue weighted by atomic mass is 19.4. The van der Waals surface area contributed by atoms with Crippen LogP contribution in [0.25, 0.3) is 0 Å². The Hall–Kier alpha value is -3.04. The van der Waals surface area contributed by atoms with Crippen LogP contribution in [0, 0.1) is 0 Å². The van der Waals surface area contributed by atoms with E-state index >= 15 is 0 Å². The molecule has 2 aliphatic rings. The zero-order valence-corrected chi connectivity index (χ0v) is 15.3. The van der Waals surface area contributed by atoms with E-state index in [1.165, 1.54) is 9.96 Å². The van der Waals surface area contributed by atoms with Crippen molar-refractivity contribution >= 4 is 11.9 Å². The molecule has 1 saturated heterocycles. The molecule has 0 amide bonds. The van der Waals surface area contributed by atoms with Crippen molar-refractivity contribution in [1.82, 2.24) is 5.06 Å². The van der Waals surface area contributed by atoms with Crippen LogP contribution >= 0.6 is 0 Å². The molecule has 1 fully saturated rings. The van der Waals surface area contributed by atoms with Gasteiger partial charge < -0.3 is 4.74 Å². The van der Waals surface area contributed by atoms with Crippen molar-refractivity contribution < 1.29 is 22.7 Å². The van der Waals surface area contributed by atoms with E-state index in [-0.39, 0.29) is 5.82 Å². The molecule has 0 spiro atoms. The van der Waals surface area contributed by atoms with Gasteiger partial charge in [-0.1, -0.05) is 24.3 Å². The second-order valence-corrected chi connectivity index (χ2v) is 6.50. The molecule has 1 unspecified atom stereocenters. The van der Waals surface area contributed by atoms with Gasteiger partial charge in [0.25, 0.3) is 0 Å². The molecule has 0 bridgehead atoms. The summed E-state index contributed by atoms with van der Waals surface area (Å²) in [4.78, 5) is 10.6. The van der Waals surface area contributed by atoms with Gasteiger partial charge in [0.1, 0.15) is 22.9 Å². The maximum Gasteiger partial charge on any atom is 0.421 e. The van der Waals surface area contributed by atoms with Crippen LogP contribution in [0.1, 0.15) is 6.42 Å². The monoisotopic (exact) mass is 404 g/mol. The highest BCUT2D eigenvalue weighted by Gasteiger charge is 2.43. The Bertz CT molecular complexity index is 925. The molecule has 2 N–H and O–H groups in total. The van der Waals surface area contributed by atoms with Crippen LogP contribution in [0.15, 0.2) is 71.0 Å². The van der Waals surface area contributed by atoms with E-state index < -0.39 is 18.0 Å². The number of aliphatic imine (C=N–C) groups is 1. The van der Waals surface area contributed by atoms with Gasteiger partial charge in [0.05, 0.1) is 6.61 Å². The fraction of sp³-hybridized carbons (Fsp3) is 0.250. The first-order valence-electron chi connectivity index (χ1n) is 9.06. The maximum atomic E-state index is 13.7. The molecule has 2 aliphatic heterocycles. The quantitative estimate of drug-likeness (QED) is 0.834. The Morgan fingerprint density at radius 3 is 2.52 bits per heavy atom. The van der Waals surface area contributed by atoms with Gasteiger partial charge in [-0.15, -0.1) is 0 Å². The number of alkyl halides is 3. The number of hydroxylamine groups is 2. The molecule has 0 aliphatic carbocycles. The number of rotatable bonds is 4. The lowest BCUT2D eigenvalue weighted by molar-refractivity contribution is -0.107. The maximum absolute atomic E-state index is 13.7. The van der Waals surface area contributed by atoms with Crippen molar-refractivity contribution in [2.75, 3.05) is 18.1 Å². The fourth-order valence-electron chi connectivity index (χ4n) is 3.20. The summed E-state index contributed by atoms with van der Waals surface area (Å²) >= 11 is 0. The zero-order valence-electron chi connectivity index (χ0n) is 15.3. The van der Waals surface area contributed by atoms with Crippen LogP contribution in [0.2, 0.25) is 0 Å². The van der Waals surface area contributed by atoms with Crippen molar-refractivity contribution in [2.45, 2.75) is 18.9 Å². The second-order valence-electron chi connectivity index (χ2n) is 6.50. The molecule has 0 aromatic heterocycles. The molecule has 0 radical (unpaired) electrons. The average molecular weight is 404 g/mol. The predicted molar refractivity (Wildman–Crippen MR) is 102 cm³/mol. The Morgan fingerprint density at radius 1 is 1.07 bits per heavy atom. The van der Waals surface area contributed by atoms with Crippen molar-refractivity contribution in [2.24, 2.45) is 10.7 Å². The number of allylic oxidation sites excluding steroid dienone is 1. The number of anilines is 1. The average Bonchev–Trinajstić information content (AvgIpc) is 3.22. The van der Waals surface area contributed by atoms with E-state index in [9.17, 15) is 13.2 Å². The molecule has 2 aromatic rings. The SMILES string of the molecule is NC1N=CC(C(F)(F)F)=C(N2CCCO2)N1c1cccc(Oc2ccccc2)c1. The first-order valence-corrected chi connectivity index (χ1v) is 9.06. The second kappa shape index (κ2) is 7.76. The van der Waals surface area contributed by atoms with Gasteiger partial charge in [0.15, 0.2) is 6.29 Å². The van der Waals surface area contributed by atoms with E-state index in [2.05, 4.69) is 4.99 Å². The minimum absolute atomic E-state index is 0.172. The summed E-state index contributed by atoms with van der Waals surface area (Å²) in [5.41, 5.74) is 5.59. The summed E-state index contributed by atoms with van der Waals surface area (Å²) in [5, 5.41) is 1.23. The first kappa shape index (κ1) is 19.3. The molecular weight excluding hydrogens is 385 g/mol. The van der Waals surface area contributed by atoms with E-state index in [1.54, 1.807) is 36.4 Å². The predicted octanol–water partition coefficient (Wildman–Crippen LogP) is 4.02. The van der Waals surface area contributed by atoms with Crippen LogP contribution in [0.3, 0.4) is 0 Å². The molecule has 6 nitrogen and oxygen atoms in total. The van der Waals surface area contributed by atoms with Crippen LogP contribution < -0.4 is 15.4 Å². The van der Waals surface area contributed by atoms with Crippen molar-refractivity contribution in [3.8, 4) is 11.5 Å². The third-order valence-electron chi connectivity index (χ3n) is 4.46. The number of hydrogen-bond acceptors (Lipinski definition) is 6. The van der Waals surface area contributed by atoms with E-state index in [4.69, 9.17) is 15.3 Å². The number of hydrogen-bond donors (Lipinski definition) is 1. The summed E-state index contributed by atoms with van der Waals surface area (Å²) in [6.45, 7) is 0.665. The summed E-state index contributed by atoms with van der Waals surface area (Å²) < 4.78 is 46.9. The van der Waals surface area contributed by atoms with E-state index in [0.717, 1.165) is 6.21 Å². The number of benzene rings is 2. The zero-order chi connectivity index (χ0) is 20.4.